The van der Waals surface area contributed by atoms with Crippen molar-refractivity contribution in [3.63, 3.8) is 0 Å². The van der Waals surface area contributed by atoms with Crippen LogP contribution in [0.2, 0.25) is 0 Å². The van der Waals surface area contributed by atoms with Crippen LogP contribution >= 0.6 is 0 Å². The fraction of sp³-hybridized carbons (Fsp3) is 0.444. The summed E-state index contributed by atoms with van der Waals surface area (Å²) in [7, 11) is 0. The Hall–Kier alpha value is -2.14. The molecule has 0 unspecified atom stereocenters. The van der Waals surface area contributed by atoms with Crippen molar-refractivity contribution >= 4 is 6.29 Å². The molecule has 4 aliphatic heterocycles. The number of carbonyl (C=O) groups is 1. The molecule has 6 heterocycles. The van der Waals surface area contributed by atoms with Crippen LogP contribution < -0.4 is 4.74 Å². The zero-order valence-electron chi connectivity index (χ0n) is 12.8. The molecular formula is C18H18N2O3. The van der Waals surface area contributed by atoms with E-state index in [9.17, 15) is 4.79 Å². The molecular weight excluding hydrogens is 292 g/mol. The van der Waals surface area contributed by atoms with E-state index in [1.807, 2.05) is 6.07 Å². The number of hydrogen-bond acceptors (Lipinski definition) is 5. The van der Waals surface area contributed by atoms with Crippen molar-refractivity contribution in [1.82, 2.24) is 9.88 Å². The van der Waals surface area contributed by atoms with Gasteiger partial charge in [-0.2, -0.15) is 0 Å². The van der Waals surface area contributed by atoms with Gasteiger partial charge in [-0.1, -0.05) is 0 Å². The van der Waals surface area contributed by atoms with Crippen LogP contribution in [0, 0.1) is 5.92 Å². The summed E-state index contributed by atoms with van der Waals surface area (Å²) in [4.78, 5) is 17.8. The van der Waals surface area contributed by atoms with Gasteiger partial charge in [0.05, 0.1) is 0 Å². The molecule has 3 saturated heterocycles. The molecule has 0 radical (unpaired) electrons. The molecule has 0 aromatic carbocycles. The Balaban J connectivity index is 1.48. The van der Waals surface area contributed by atoms with Crippen molar-refractivity contribution < 1.29 is 13.9 Å². The van der Waals surface area contributed by atoms with E-state index in [4.69, 9.17) is 9.15 Å². The van der Waals surface area contributed by atoms with Crippen molar-refractivity contribution in [3.05, 3.63) is 35.7 Å². The maximum absolute atomic E-state index is 10.8. The SMILES string of the molecule is O=Cc1ccc(-c2cnc3c(c2)C[C@@]2(CN4CCC2CC4)O3)o1. The van der Waals surface area contributed by atoms with E-state index in [0.717, 1.165) is 36.3 Å². The maximum Gasteiger partial charge on any atom is 0.217 e. The van der Waals surface area contributed by atoms with Crippen LogP contribution in [0.4, 0.5) is 0 Å². The minimum Gasteiger partial charge on any atom is -0.469 e. The summed E-state index contributed by atoms with van der Waals surface area (Å²) in [6, 6.07) is 5.59. The van der Waals surface area contributed by atoms with Gasteiger partial charge in [0.1, 0.15) is 11.4 Å². The Labute approximate surface area is 134 Å². The largest absolute Gasteiger partial charge is 0.469 e. The number of hydrogen-bond donors (Lipinski definition) is 0. The van der Waals surface area contributed by atoms with Crippen LogP contribution in [0.3, 0.4) is 0 Å². The Bertz CT molecular complexity index is 776. The molecule has 1 spiro atoms. The quantitative estimate of drug-likeness (QED) is 0.798. The molecule has 2 aromatic rings. The van der Waals surface area contributed by atoms with E-state index >= 15 is 0 Å². The topological polar surface area (TPSA) is 55.6 Å². The highest BCUT2D eigenvalue weighted by molar-refractivity contribution is 5.72. The molecule has 118 valence electrons. The van der Waals surface area contributed by atoms with E-state index in [2.05, 4.69) is 16.0 Å². The molecule has 3 fully saturated rings. The molecule has 1 atom stereocenters. The van der Waals surface area contributed by atoms with Crippen molar-refractivity contribution in [1.29, 1.82) is 0 Å². The molecule has 0 N–H and O–H groups in total. The molecule has 0 saturated carbocycles. The average molecular weight is 310 g/mol. The standard InChI is InChI=1S/C18H18N2O3/c21-10-15-1-2-16(22-15)13-7-12-8-18(23-17(12)19-9-13)11-20-5-3-14(18)4-6-20/h1-2,7,9-10,14H,3-6,8,11H2/t18-/m0/s1. The molecule has 5 nitrogen and oxygen atoms in total. The molecule has 6 rings (SSSR count). The number of rotatable bonds is 2. The number of aromatic nitrogens is 1. The number of piperidine rings is 3. The van der Waals surface area contributed by atoms with E-state index < -0.39 is 0 Å². The highest BCUT2D eigenvalue weighted by atomic mass is 16.5. The molecule has 2 aromatic heterocycles. The van der Waals surface area contributed by atoms with E-state index in [0.29, 0.717) is 17.4 Å². The molecule has 0 amide bonds. The fourth-order valence-corrected chi connectivity index (χ4v) is 4.41. The van der Waals surface area contributed by atoms with Crippen LogP contribution in [-0.4, -0.2) is 41.4 Å². The van der Waals surface area contributed by atoms with Crippen molar-refractivity contribution in [2.75, 3.05) is 19.6 Å². The monoisotopic (exact) mass is 310 g/mol. The number of pyridine rings is 1. The summed E-state index contributed by atoms with van der Waals surface area (Å²) in [6.07, 6.45) is 5.86. The minimum atomic E-state index is -0.0818. The van der Waals surface area contributed by atoms with Crippen LogP contribution in [-0.2, 0) is 6.42 Å². The molecule has 0 aliphatic carbocycles. The Kier molecular flexibility index (Phi) is 2.71. The lowest BCUT2D eigenvalue weighted by Gasteiger charge is -2.50. The minimum absolute atomic E-state index is 0.0818. The fourth-order valence-electron chi connectivity index (χ4n) is 4.41. The Morgan fingerprint density at radius 3 is 2.87 bits per heavy atom. The zero-order chi connectivity index (χ0) is 15.4. The Morgan fingerprint density at radius 1 is 1.30 bits per heavy atom. The number of furan rings is 1. The number of fused-ring (bicyclic) bond motifs is 3. The van der Waals surface area contributed by atoms with Crippen molar-refractivity contribution in [2.45, 2.75) is 24.9 Å². The molecule has 4 aliphatic rings. The van der Waals surface area contributed by atoms with Crippen LogP contribution in [0.25, 0.3) is 11.3 Å². The normalized spacial score (nSPS) is 31.1. The molecule has 23 heavy (non-hydrogen) atoms. The summed E-state index contributed by atoms with van der Waals surface area (Å²) >= 11 is 0. The van der Waals surface area contributed by atoms with E-state index in [1.54, 1.807) is 12.3 Å². The van der Waals surface area contributed by atoms with Gasteiger partial charge in [-0.3, -0.25) is 9.69 Å². The van der Waals surface area contributed by atoms with Gasteiger partial charge in [0.2, 0.25) is 5.88 Å². The lowest BCUT2D eigenvalue weighted by Crippen LogP contribution is -2.61. The summed E-state index contributed by atoms with van der Waals surface area (Å²) in [5, 5.41) is 0. The number of aldehydes is 1. The van der Waals surface area contributed by atoms with E-state index in [-0.39, 0.29) is 5.60 Å². The van der Waals surface area contributed by atoms with Gasteiger partial charge in [-0.15, -0.1) is 0 Å². The summed E-state index contributed by atoms with van der Waals surface area (Å²) in [5.74, 6) is 2.42. The summed E-state index contributed by atoms with van der Waals surface area (Å²) < 4.78 is 11.9. The van der Waals surface area contributed by atoms with Crippen LogP contribution in [0.15, 0.2) is 28.8 Å². The molecule has 2 bridgehead atoms. The predicted molar refractivity (Wildman–Crippen MR) is 83.6 cm³/mol. The summed E-state index contributed by atoms with van der Waals surface area (Å²) in [5.41, 5.74) is 1.97. The second-order valence-electron chi connectivity index (χ2n) is 6.90. The highest BCUT2D eigenvalue weighted by Gasteiger charge is 2.52. The average Bonchev–Trinajstić information content (AvgIpc) is 3.19. The first-order valence-corrected chi connectivity index (χ1v) is 8.21. The first kappa shape index (κ1) is 13.3. The Morgan fingerprint density at radius 2 is 2.17 bits per heavy atom. The third kappa shape index (κ3) is 1.96. The van der Waals surface area contributed by atoms with Gasteiger partial charge in [-0.25, -0.2) is 4.98 Å². The van der Waals surface area contributed by atoms with Gasteiger partial charge in [-0.05, 0) is 44.1 Å². The maximum atomic E-state index is 10.8. The van der Waals surface area contributed by atoms with E-state index in [1.165, 1.54) is 25.9 Å². The first-order chi connectivity index (χ1) is 11.3. The number of ether oxygens (including phenoxy) is 1. The van der Waals surface area contributed by atoms with Crippen LogP contribution in [0.5, 0.6) is 5.88 Å². The van der Waals surface area contributed by atoms with Crippen LogP contribution in [0.1, 0.15) is 29.0 Å². The summed E-state index contributed by atoms with van der Waals surface area (Å²) in [6.45, 7) is 3.41. The van der Waals surface area contributed by atoms with Crippen molar-refractivity contribution in [2.24, 2.45) is 5.92 Å². The number of carbonyl (C=O) groups excluding carboxylic acids is 1. The third-order valence-corrected chi connectivity index (χ3v) is 5.57. The molecule has 5 heteroatoms. The van der Waals surface area contributed by atoms with Gasteiger partial charge >= 0.3 is 0 Å². The van der Waals surface area contributed by atoms with Gasteiger partial charge < -0.3 is 9.15 Å². The van der Waals surface area contributed by atoms with Crippen molar-refractivity contribution in [3.8, 4) is 17.2 Å². The second kappa shape index (κ2) is 4.68. The highest BCUT2D eigenvalue weighted by Crippen LogP contribution is 2.46. The smallest absolute Gasteiger partial charge is 0.217 e. The lowest BCUT2D eigenvalue weighted by molar-refractivity contribution is -0.0814. The third-order valence-electron chi connectivity index (χ3n) is 5.57. The first-order valence-electron chi connectivity index (χ1n) is 8.21. The van der Waals surface area contributed by atoms with Gasteiger partial charge in [0.15, 0.2) is 12.0 Å². The zero-order valence-corrected chi connectivity index (χ0v) is 12.8. The van der Waals surface area contributed by atoms with Gasteiger partial charge in [0, 0.05) is 36.2 Å². The second-order valence-corrected chi connectivity index (χ2v) is 6.90. The number of nitrogens with zero attached hydrogens (tertiary/aromatic N) is 2. The predicted octanol–water partition coefficient (Wildman–Crippen LogP) is 2.55. The lowest BCUT2D eigenvalue weighted by atomic mass is 9.73. The van der Waals surface area contributed by atoms with Gasteiger partial charge in [0.25, 0.3) is 0 Å².